The zero-order valence-electron chi connectivity index (χ0n) is 30.3. The maximum atomic E-state index is 6.23. The second-order valence-electron chi connectivity index (χ2n) is 14.1. The molecule has 0 radical (unpaired) electrons. The van der Waals surface area contributed by atoms with Crippen molar-refractivity contribution in [2.45, 2.75) is 6.92 Å². The minimum absolute atomic E-state index is 0.864. The monoisotopic (exact) mass is 742 g/mol. The van der Waals surface area contributed by atoms with Crippen molar-refractivity contribution in [2.75, 3.05) is 11.9 Å². The molecule has 0 amide bonds. The lowest BCUT2D eigenvalue weighted by Crippen LogP contribution is -2.09. The molecule has 5 heteroatoms. The Bertz CT molecular complexity index is 3350. The third-order valence-corrected chi connectivity index (χ3v) is 13.3. The number of para-hydroxylation sites is 2. The molecular formula is C50H34N2OS2. The van der Waals surface area contributed by atoms with Crippen molar-refractivity contribution in [3.8, 4) is 16.8 Å². The molecule has 11 rings (SSSR count). The van der Waals surface area contributed by atoms with Gasteiger partial charge < -0.3 is 13.9 Å². The van der Waals surface area contributed by atoms with Crippen LogP contribution in [0.2, 0.25) is 0 Å². The van der Waals surface area contributed by atoms with Crippen LogP contribution in [0.3, 0.4) is 0 Å². The number of anilines is 1. The first-order valence-electron chi connectivity index (χ1n) is 18.6. The predicted octanol–water partition coefficient (Wildman–Crippen LogP) is 15.1. The summed E-state index contributed by atoms with van der Waals surface area (Å²) in [7, 11) is 2.15. The molecule has 0 saturated carbocycles. The topological polar surface area (TPSA) is 21.3 Å². The van der Waals surface area contributed by atoms with Crippen molar-refractivity contribution in [3.63, 3.8) is 0 Å². The molecule has 0 aliphatic rings. The van der Waals surface area contributed by atoms with Crippen molar-refractivity contribution < 1.29 is 4.42 Å². The summed E-state index contributed by atoms with van der Waals surface area (Å²) in [5.74, 6) is 0.864. The molecule has 0 bridgehead atoms. The van der Waals surface area contributed by atoms with Gasteiger partial charge in [0, 0.05) is 92.3 Å². The van der Waals surface area contributed by atoms with Gasteiger partial charge in [0.05, 0.1) is 11.0 Å². The molecule has 0 N–H and O–H groups in total. The fraction of sp³-hybridized carbons (Fsp3) is 0.0400. The van der Waals surface area contributed by atoms with Gasteiger partial charge in [-0.3, -0.25) is 0 Å². The van der Waals surface area contributed by atoms with E-state index in [4.69, 9.17) is 4.42 Å². The Morgan fingerprint density at radius 2 is 1.31 bits per heavy atom. The number of thiophene rings is 2. The quantitative estimate of drug-likeness (QED) is 0.169. The SMILES string of the molecule is C/C=C\c1oc2ccccc2c1/C=C/N(C)c1ccc2c(sc3c2ccc2c3c3ccccc3n2-c2ccc3sc4ccccc4c3c2)c1-c1ccccc1. The van der Waals surface area contributed by atoms with Gasteiger partial charge in [-0.2, -0.15) is 0 Å². The maximum absolute atomic E-state index is 6.23. The smallest absolute Gasteiger partial charge is 0.135 e. The molecule has 4 heterocycles. The first-order valence-corrected chi connectivity index (χ1v) is 20.2. The summed E-state index contributed by atoms with van der Waals surface area (Å²) in [5, 5.41) is 8.88. The Labute approximate surface area is 325 Å². The molecule has 0 aliphatic heterocycles. The lowest BCUT2D eigenvalue weighted by atomic mass is 9.99. The number of hydrogen-bond donors (Lipinski definition) is 0. The normalized spacial score (nSPS) is 12.4. The minimum atomic E-state index is 0.864. The second kappa shape index (κ2) is 12.6. The van der Waals surface area contributed by atoms with Crippen LogP contribution in [0.15, 0.2) is 162 Å². The summed E-state index contributed by atoms with van der Waals surface area (Å²) in [6, 6.07) is 53.0. The van der Waals surface area contributed by atoms with Crippen molar-refractivity contribution in [1.29, 1.82) is 0 Å². The predicted molar refractivity (Wildman–Crippen MR) is 240 cm³/mol. The van der Waals surface area contributed by atoms with Gasteiger partial charge in [0.2, 0.25) is 0 Å². The van der Waals surface area contributed by atoms with E-state index in [-0.39, 0.29) is 0 Å². The van der Waals surface area contributed by atoms with E-state index in [1.54, 1.807) is 0 Å². The highest BCUT2D eigenvalue weighted by molar-refractivity contribution is 7.27. The molecule has 4 aromatic heterocycles. The standard InChI is InChI=1S/C50H34N2OS2/c1-3-13-43-34(33-16-8-11-20-44(33)53-43)28-29-51(2)41-25-23-36-37-24-26-42-48(50(37)55-49(36)47(41)31-14-5-4-6-15-31)38-18-7-10-19-40(38)52(42)32-22-27-46-39(30-32)35-17-9-12-21-45(35)54-46/h3-30H,1-2H3/b13-3-,29-28+. The summed E-state index contributed by atoms with van der Waals surface area (Å²) in [6.07, 6.45) is 8.42. The highest BCUT2D eigenvalue weighted by atomic mass is 32.1. The summed E-state index contributed by atoms with van der Waals surface area (Å²) in [4.78, 5) is 2.25. The van der Waals surface area contributed by atoms with Crippen LogP contribution in [-0.2, 0) is 0 Å². The zero-order valence-corrected chi connectivity index (χ0v) is 31.9. The molecule has 262 valence electrons. The Morgan fingerprint density at radius 3 is 2.18 bits per heavy atom. The third kappa shape index (κ3) is 4.94. The van der Waals surface area contributed by atoms with E-state index in [2.05, 4.69) is 162 Å². The number of furan rings is 1. The van der Waals surface area contributed by atoms with Gasteiger partial charge in [-0.15, -0.1) is 22.7 Å². The molecule has 0 saturated heterocycles. The maximum Gasteiger partial charge on any atom is 0.135 e. The molecular weight excluding hydrogens is 709 g/mol. The average Bonchev–Trinajstić information content (AvgIpc) is 3.98. The number of aromatic nitrogens is 1. The second-order valence-corrected chi connectivity index (χ2v) is 16.2. The number of nitrogens with zero attached hydrogens (tertiary/aromatic N) is 2. The van der Waals surface area contributed by atoms with Gasteiger partial charge in [-0.05, 0) is 73.2 Å². The van der Waals surface area contributed by atoms with Crippen molar-refractivity contribution >= 4 is 114 Å². The van der Waals surface area contributed by atoms with Crippen LogP contribution in [-0.4, -0.2) is 11.6 Å². The first-order chi connectivity index (χ1) is 27.2. The van der Waals surface area contributed by atoms with Gasteiger partial charge >= 0.3 is 0 Å². The van der Waals surface area contributed by atoms with Gasteiger partial charge in [0.1, 0.15) is 11.3 Å². The van der Waals surface area contributed by atoms with Crippen molar-refractivity contribution in [2.24, 2.45) is 0 Å². The van der Waals surface area contributed by atoms with E-state index in [0.29, 0.717) is 0 Å². The Hall–Kier alpha value is -6.40. The number of hydrogen-bond acceptors (Lipinski definition) is 4. The number of rotatable bonds is 6. The van der Waals surface area contributed by atoms with Gasteiger partial charge in [-0.25, -0.2) is 0 Å². The summed E-state index contributed by atoms with van der Waals surface area (Å²) in [6.45, 7) is 2.02. The first kappa shape index (κ1) is 32.1. The van der Waals surface area contributed by atoms with Gasteiger partial charge in [0.15, 0.2) is 0 Å². The van der Waals surface area contributed by atoms with E-state index in [1.807, 2.05) is 53.9 Å². The van der Waals surface area contributed by atoms with Crippen LogP contribution in [0.4, 0.5) is 5.69 Å². The molecule has 55 heavy (non-hydrogen) atoms. The van der Waals surface area contributed by atoms with Crippen LogP contribution >= 0.6 is 22.7 Å². The zero-order chi connectivity index (χ0) is 36.6. The Kier molecular flexibility index (Phi) is 7.34. The van der Waals surface area contributed by atoms with Gasteiger partial charge in [-0.1, -0.05) is 103 Å². The van der Waals surface area contributed by atoms with Crippen LogP contribution < -0.4 is 4.90 Å². The van der Waals surface area contributed by atoms with E-state index in [0.717, 1.165) is 28.0 Å². The number of benzene rings is 7. The van der Waals surface area contributed by atoms with Gasteiger partial charge in [0.25, 0.3) is 0 Å². The highest BCUT2D eigenvalue weighted by Gasteiger charge is 2.21. The molecule has 0 spiro atoms. The number of fused-ring (bicyclic) bond motifs is 11. The molecule has 0 unspecified atom stereocenters. The molecule has 0 aliphatic carbocycles. The largest absolute Gasteiger partial charge is 0.456 e. The number of allylic oxidation sites excluding steroid dienone is 1. The molecule has 3 nitrogen and oxygen atoms in total. The van der Waals surface area contributed by atoms with Crippen molar-refractivity contribution in [3.05, 3.63) is 169 Å². The highest BCUT2D eigenvalue weighted by Crippen LogP contribution is 2.49. The molecule has 0 fully saturated rings. The van der Waals surface area contributed by atoms with Crippen molar-refractivity contribution in [1.82, 2.24) is 4.57 Å². The molecule has 11 aromatic rings. The average molecular weight is 743 g/mol. The lowest BCUT2D eigenvalue weighted by Gasteiger charge is -2.20. The van der Waals surface area contributed by atoms with E-state index < -0.39 is 0 Å². The third-order valence-electron chi connectivity index (χ3n) is 10.9. The van der Waals surface area contributed by atoms with E-state index in [1.165, 1.54) is 79.0 Å². The van der Waals surface area contributed by atoms with E-state index in [9.17, 15) is 0 Å². The fourth-order valence-corrected chi connectivity index (χ4v) is 11.0. The molecule has 0 atom stereocenters. The Balaban J connectivity index is 1.13. The fourth-order valence-electron chi connectivity index (χ4n) is 8.45. The summed E-state index contributed by atoms with van der Waals surface area (Å²) >= 11 is 3.78. The van der Waals surface area contributed by atoms with Crippen LogP contribution in [0.25, 0.3) is 102 Å². The summed E-state index contributed by atoms with van der Waals surface area (Å²) < 4.78 is 13.9. The van der Waals surface area contributed by atoms with E-state index >= 15 is 0 Å². The molecule has 7 aromatic carbocycles. The Morgan fingerprint density at radius 1 is 0.582 bits per heavy atom. The van der Waals surface area contributed by atoms with Crippen LogP contribution in [0.5, 0.6) is 0 Å². The summed E-state index contributed by atoms with van der Waals surface area (Å²) in [5.41, 5.74) is 9.20. The lowest BCUT2D eigenvalue weighted by molar-refractivity contribution is 0.603. The van der Waals surface area contributed by atoms with Crippen LogP contribution in [0, 0.1) is 0 Å². The minimum Gasteiger partial charge on any atom is -0.456 e. The van der Waals surface area contributed by atoms with Crippen LogP contribution in [0.1, 0.15) is 18.2 Å².